The van der Waals surface area contributed by atoms with Crippen molar-refractivity contribution in [1.29, 1.82) is 0 Å². The molecule has 0 heterocycles. The summed E-state index contributed by atoms with van der Waals surface area (Å²) >= 11 is 0. The van der Waals surface area contributed by atoms with Crippen molar-refractivity contribution in [3.8, 4) is 0 Å². The molecule has 0 aliphatic heterocycles. The largest absolute Gasteiger partial charge is 0.392 e. The van der Waals surface area contributed by atoms with E-state index in [1.165, 1.54) is 25.7 Å². The van der Waals surface area contributed by atoms with Crippen molar-refractivity contribution in [1.82, 2.24) is 0 Å². The fourth-order valence-corrected chi connectivity index (χ4v) is 4.07. The van der Waals surface area contributed by atoms with Gasteiger partial charge in [0.05, 0.1) is 6.10 Å². The second kappa shape index (κ2) is 2.44. The Kier molecular flexibility index (Phi) is 1.56. The fraction of sp³-hybridized carbons (Fsp3) is 0.846. The molecule has 0 saturated heterocycles. The van der Waals surface area contributed by atoms with Gasteiger partial charge in [0.2, 0.25) is 0 Å². The lowest BCUT2D eigenvalue weighted by Crippen LogP contribution is -2.48. The average Bonchev–Trinajstić information content (AvgIpc) is 2.45. The molecule has 0 aromatic heterocycles. The third-order valence-corrected chi connectivity index (χ3v) is 5.36. The van der Waals surface area contributed by atoms with Gasteiger partial charge in [-0.05, 0) is 43.4 Å². The summed E-state index contributed by atoms with van der Waals surface area (Å²) in [5.74, 6) is 0.799. The molecule has 1 heteroatoms. The van der Waals surface area contributed by atoms with Gasteiger partial charge in [-0.1, -0.05) is 25.5 Å². The molecule has 0 aromatic rings. The summed E-state index contributed by atoms with van der Waals surface area (Å²) in [4.78, 5) is 0. The summed E-state index contributed by atoms with van der Waals surface area (Å²) in [6.07, 6.45) is 8.54. The average molecular weight is 192 g/mol. The molecular weight excluding hydrogens is 172 g/mol. The summed E-state index contributed by atoms with van der Waals surface area (Å²) < 4.78 is 0. The minimum absolute atomic E-state index is 0.0828. The molecule has 1 spiro atoms. The van der Waals surface area contributed by atoms with Gasteiger partial charge in [-0.15, -0.1) is 0 Å². The lowest BCUT2D eigenvalue weighted by Gasteiger charge is -2.53. The lowest BCUT2D eigenvalue weighted by atomic mass is 9.53. The van der Waals surface area contributed by atoms with E-state index in [4.69, 9.17) is 0 Å². The number of aliphatic hydroxyl groups excluding tert-OH is 1. The van der Waals surface area contributed by atoms with Crippen LogP contribution >= 0.6 is 0 Å². The Hall–Kier alpha value is -0.300. The Morgan fingerprint density at radius 3 is 2.93 bits per heavy atom. The van der Waals surface area contributed by atoms with Gasteiger partial charge in [0.15, 0.2) is 0 Å². The molecule has 4 aliphatic carbocycles. The topological polar surface area (TPSA) is 20.2 Å². The highest BCUT2D eigenvalue weighted by Crippen LogP contribution is 2.64. The summed E-state index contributed by atoms with van der Waals surface area (Å²) in [7, 11) is 0. The van der Waals surface area contributed by atoms with Crippen molar-refractivity contribution in [2.24, 2.45) is 16.7 Å². The van der Waals surface area contributed by atoms with Gasteiger partial charge < -0.3 is 5.11 Å². The Labute approximate surface area is 86.2 Å². The Balaban J connectivity index is 2.12. The van der Waals surface area contributed by atoms with Gasteiger partial charge in [0.1, 0.15) is 0 Å². The zero-order valence-corrected chi connectivity index (χ0v) is 9.21. The second-order valence-corrected chi connectivity index (χ2v) is 5.99. The van der Waals surface area contributed by atoms with Gasteiger partial charge in [0, 0.05) is 5.41 Å². The quantitative estimate of drug-likeness (QED) is 0.585. The van der Waals surface area contributed by atoms with Crippen LogP contribution in [-0.2, 0) is 0 Å². The van der Waals surface area contributed by atoms with Crippen LogP contribution in [-0.4, -0.2) is 11.2 Å². The predicted molar refractivity (Wildman–Crippen MR) is 56.9 cm³/mol. The minimum Gasteiger partial charge on any atom is -0.392 e. The molecule has 0 radical (unpaired) electrons. The smallest absolute Gasteiger partial charge is 0.0636 e. The maximum absolute atomic E-state index is 10.2. The van der Waals surface area contributed by atoms with Crippen LogP contribution in [0.15, 0.2) is 11.6 Å². The van der Waals surface area contributed by atoms with Crippen molar-refractivity contribution < 1.29 is 5.11 Å². The molecule has 0 amide bonds. The van der Waals surface area contributed by atoms with E-state index in [1.807, 2.05) is 0 Å². The highest BCUT2D eigenvalue weighted by molar-refractivity contribution is 5.32. The van der Waals surface area contributed by atoms with Crippen LogP contribution in [0.25, 0.3) is 0 Å². The molecule has 14 heavy (non-hydrogen) atoms. The third-order valence-electron chi connectivity index (χ3n) is 5.36. The molecular formula is C13H20O. The Morgan fingerprint density at radius 1 is 1.43 bits per heavy atom. The molecule has 78 valence electrons. The maximum atomic E-state index is 10.2. The van der Waals surface area contributed by atoms with Crippen LogP contribution in [0.3, 0.4) is 0 Å². The van der Waals surface area contributed by atoms with Gasteiger partial charge in [-0.3, -0.25) is 0 Å². The van der Waals surface area contributed by atoms with Crippen LogP contribution in [0.5, 0.6) is 0 Å². The van der Waals surface area contributed by atoms with Gasteiger partial charge in [-0.2, -0.15) is 0 Å². The van der Waals surface area contributed by atoms with E-state index in [0.717, 1.165) is 12.3 Å². The van der Waals surface area contributed by atoms with Crippen molar-refractivity contribution in [2.45, 2.75) is 52.1 Å². The summed E-state index contributed by atoms with van der Waals surface area (Å²) in [5.41, 5.74) is 2.21. The number of allylic oxidation sites excluding steroid dienone is 1. The second-order valence-electron chi connectivity index (χ2n) is 5.99. The van der Waals surface area contributed by atoms with Crippen LogP contribution < -0.4 is 0 Å². The molecule has 4 aliphatic rings. The van der Waals surface area contributed by atoms with Crippen molar-refractivity contribution in [3.05, 3.63) is 11.6 Å². The Bertz CT molecular complexity index is 306. The lowest BCUT2D eigenvalue weighted by molar-refractivity contribution is -0.0435. The molecule has 1 nitrogen and oxygen atoms in total. The first kappa shape index (κ1) is 8.96. The van der Waals surface area contributed by atoms with Crippen molar-refractivity contribution in [3.63, 3.8) is 0 Å². The summed E-state index contributed by atoms with van der Waals surface area (Å²) in [6, 6.07) is 0. The number of hydrogen-bond acceptors (Lipinski definition) is 1. The van der Waals surface area contributed by atoms with E-state index >= 15 is 0 Å². The maximum Gasteiger partial charge on any atom is 0.0636 e. The van der Waals surface area contributed by atoms with Crippen LogP contribution in [0.1, 0.15) is 46.0 Å². The molecule has 1 N–H and O–H groups in total. The Morgan fingerprint density at radius 2 is 2.21 bits per heavy atom. The summed E-state index contributed by atoms with van der Waals surface area (Å²) in [6.45, 7) is 4.61. The van der Waals surface area contributed by atoms with E-state index in [-0.39, 0.29) is 11.5 Å². The third kappa shape index (κ3) is 0.850. The summed E-state index contributed by atoms with van der Waals surface area (Å²) in [5, 5.41) is 10.2. The number of fused-ring (bicyclic) bond motifs is 2. The van der Waals surface area contributed by atoms with Gasteiger partial charge >= 0.3 is 0 Å². The zero-order chi connectivity index (χ0) is 9.97. The number of aliphatic hydroxyl groups is 1. The van der Waals surface area contributed by atoms with E-state index in [1.54, 1.807) is 5.57 Å². The molecule has 2 bridgehead atoms. The first-order valence-corrected chi connectivity index (χ1v) is 5.97. The highest BCUT2D eigenvalue weighted by atomic mass is 16.3. The number of hydrogen-bond donors (Lipinski definition) is 1. The SMILES string of the molecule is CC1CCC2=C[C@@]3(C)CC[C@]21C[C@@H]3O. The molecule has 4 atom stereocenters. The van der Waals surface area contributed by atoms with E-state index < -0.39 is 0 Å². The monoisotopic (exact) mass is 192 g/mol. The predicted octanol–water partition coefficient (Wildman–Crippen LogP) is 2.89. The highest BCUT2D eigenvalue weighted by Gasteiger charge is 2.56. The van der Waals surface area contributed by atoms with E-state index in [2.05, 4.69) is 19.9 Å². The fourth-order valence-electron chi connectivity index (χ4n) is 4.07. The van der Waals surface area contributed by atoms with Gasteiger partial charge in [0.25, 0.3) is 0 Å². The molecule has 1 unspecified atom stereocenters. The van der Waals surface area contributed by atoms with Crippen LogP contribution in [0.4, 0.5) is 0 Å². The van der Waals surface area contributed by atoms with Gasteiger partial charge in [-0.25, -0.2) is 0 Å². The number of rotatable bonds is 0. The van der Waals surface area contributed by atoms with E-state index in [0.29, 0.717) is 5.41 Å². The minimum atomic E-state index is -0.0828. The van der Waals surface area contributed by atoms with Crippen LogP contribution in [0, 0.1) is 16.7 Å². The van der Waals surface area contributed by atoms with Crippen molar-refractivity contribution in [2.75, 3.05) is 0 Å². The normalized spacial score (nSPS) is 55.8. The zero-order valence-electron chi connectivity index (χ0n) is 9.21. The first-order valence-electron chi connectivity index (χ1n) is 5.97. The van der Waals surface area contributed by atoms with Crippen LogP contribution in [0.2, 0.25) is 0 Å². The molecule has 2 saturated carbocycles. The molecule has 2 fully saturated rings. The standard InChI is InChI=1S/C13H20O/c1-9-3-4-10-7-12(2)5-6-13(9,10)8-11(12)14/h7,9,11,14H,3-6,8H2,1-2H3/t9?,11-,12+,13+/m0/s1. The first-order chi connectivity index (χ1) is 6.57. The van der Waals surface area contributed by atoms with Crippen molar-refractivity contribution >= 4 is 0 Å². The molecule has 0 aromatic carbocycles. The van der Waals surface area contributed by atoms with E-state index in [9.17, 15) is 5.11 Å². The molecule has 4 rings (SSSR count).